The van der Waals surface area contributed by atoms with Crippen LogP contribution < -0.4 is 5.32 Å². The van der Waals surface area contributed by atoms with Crippen molar-refractivity contribution in [2.75, 3.05) is 26.4 Å². The summed E-state index contributed by atoms with van der Waals surface area (Å²) in [5, 5.41) is 3.25. The molecule has 1 N–H and O–H groups in total. The largest absolute Gasteiger partial charge is 0.312 e. The van der Waals surface area contributed by atoms with Crippen molar-refractivity contribution in [1.29, 1.82) is 0 Å². The number of piperidine rings is 1. The summed E-state index contributed by atoms with van der Waals surface area (Å²) in [7, 11) is -1.18. The molecule has 0 spiro atoms. The van der Waals surface area contributed by atoms with Crippen LogP contribution in [0, 0.1) is 5.92 Å². The average Bonchev–Trinajstić information content (AvgIpc) is 2.45. The summed E-state index contributed by atoms with van der Waals surface area (Å²) in [5.41, 5.74) is 0.909. The molecule has 1 aliphatic heterocycles. The normalized spacial score (nSPS) is 22.6. The van der Waals surface area contributed by atoms with E-state index in [4.69, 9.17) is 0 Å². The topological polar surface area (TPSA) is 75.2 Å². The molecule has 7 heteroatoms. The number of hydrogen-bond donors (Lipinski definition) is 1. The fourth-order valence-electron chi connectivity index (χ4n) is 2.73. The summed E-state index contributed by atoms with van der Waals surface area (Å²) in [5.74, 6) is 0.359. The summed E-state index contributed by atoms with van der Waals surface area (Å²) < 4.78 is 24.9. The third kappa shape index (κ3) is 3.97. The van der Waals surface area contributed by atoms with E-state index in [9.17, 15) is 8.42 Å². The molecule has 0 aliphatic carbocycles. The minimum absolute atomic E-state index is 0.119. The first-order valence-corrected chi connectivity index (χ1v) is 8.74. The molecule has 1 saturated heterocycles. The second-order valence-electron chi connectivity index (χ2n) is 5.34. The zero-order valence-corrected chi connectivity index (χ0v) is 12.8. The molecule has 2 unspecified atom stereocenters. The van der Waals surface area contributed by atoms with Gasteiger partial charge in [-0.2, -0.15) is 0 Å². The lowest BCUT2D eigenvalue weighted by Gasteiger charge is -2.32. The number of hydrogen-bond acceptors (Lipinski definition) is 5. The van der Waals surface area contributed by atoms with Crippen molar-refractivity contribution in [2.24, 2.45) is 5.92 Å². The molecule has 2 heterocycles. The van der Waals surface area contributed by atoms with Crippen LogP contribution in [-0.4, -0.2) is 49.1 Å². The van der Waals surface area contributed by atoms with Gasteiger partial charge in [0.15, 0.2) is 0 Å². The average molecular weight is 298 g/mol. The van der Waals surface area contributed by atoms with E-state index in [1.54, 1.807) is 22.9 Å². The van der Waals surface area contributed by atoms with Gasteiger partial charge in [0, 0.05) is 31.7 Å². The number of nitrogens with one attached hydrogen (secondary N) is 1. The number of nitrogens with zero attached hydrogens (tertiary/aromatic N) is 3. The standard InChI is InChI=1S/C13H22N4O2S/c1-14-12(13-9-15-5-6-16-13)8-11-4-3-7-17(10-11)20(2,18)19/h5-6,9,11-12,14H,3-4,7-8,10H2,1-2H3. The highest BCUT2D eigenvalue weighted by Crippen LogP contribution is 2.27. The maximum Gasteiger partial charge on any atom is 0.211 e. The van der Waals surface area contributed by atoms with Crippen molar-refractivity contribution in [2.45, 2.75) is 25.3 Å². The zero-order chi connectivity index (χ0) is 14.6. The van der Waals surface area contributed by atoms with E-state index in [-0.39, 0.29) is 6.04 Å². The lowest BCUT2D eigenvalue weighted by atomic mass is 9.91. The first kappa shape index (κ1) is 15.3. The van der Waals surface area contributed by atoms with Gasteiger partial charge in [-0.3, -0.25) is 9.97 Å². The fraction of sp³-hybridized carbons (Fsp3) is 0.692. The van der Waals surface area contributed by atoms with Crippen molar-refractivity contribution >= 4 is 10.0 Å². The van der Waals surface area contributed by atoms with Crippen LogP contribution >= 0.6 is 0 Å². The number of rotatable bonds is 5. The van der Waals surface area contributed by atoms with Crippen LogP contribution in [0.5, 0.6) is 0 Å². The molecule has 0 amide bonds. The Kier molecular flexibility index (Phi) is 5.06. The molecular weight excluding hydrogens is 276 g/mol. The minimum atomic E-state index is -3.08. The van der Waals surface area contributed by atoms with E-state index in [0.717, 1.165) is 25.0 Å². The van der Waals surface area contributed by atoms with Crippen molar-refractivity contribution in [3.05, 3.63) is 24.3 Å². The lowest BCUT2D eigenvalue weighted by Crippen LogP contribution is -2.40. The molecule has 0 aromatic carbocycles. The van der Waals surface area contributed by atoms with E-state index in [1.807, 2.05) is 7.05 Å². The summed E-state index contributed by atoms with van der Waals surface area (Å²) in [6.07, 6.45) is 9.25. The van der Waals surface area contributed by atoms with E-state index in [0.29, 0.717) is 19.0 Å². The third-order valence-corrected chi connectivity index (χ3v) is 5.08. The van der Waals surface area contributed by atoms with Gasteiger partial charge in [0.2, 0.25) is 10.0 Å². The molecule has 2 atom stereocenters. The van der Waals surface area contributed by atoms with Gasteiger partial charge in [-0.25, -0.2) is 12.7 Å². The smallest absolute Gasteiger partial charge is 0.211 e. The van der Waals surface area contributed by atoms with Crippen LogP contribution in [0.15, 0.2) is 18.6 Å². The number of aromatic nitrogens is 2. The molecule has 0 bridgehead atoms. The highest BCUT2D eigenvalue weighted by molar-refractivity contribution is 7.88. The maximum absolute atomic E-state index is 11.6. The van der Waals surface area contributed by atoms with Crippen LogP contribution in [0.25, 0.3) is 0 Å². The SMILES string of the molecule is CNC(CC1CCCN(S(C)(=O)=O)C1)c1cnccn1. The quantitative estimate of drug-likeness (QED) is 0.870. The number of sulfonamides is 1. The summed E-state index contributed by atoms with van der Waals surface area (Å²) in [6.45, 7) is 1.25. The second kappa shape index (κ2) is 6.60. The molecule has 1 aromatic heterocycles. The minimum Gasteiger partial charge on any atom is -0.312 e. The van der Waals surface area contributed by atoms with Crippen LogP contribution in [0.2, 0.25) is 0 Å². The van der Waals surface area contributed by atoms with Gasteiger partial charge >= 0.3 is 0 Å². The molecule has 0 saturated carbocycles. The predicted octanol–water partition coefficient (Wildman–Crippen LogP) is 0.799. The van der Waals surface area contributed by atoms with Gasteiger partial charge < -0.3 is 5.32 Å². The summed E-state index contributed by atoms with van der Waals surface area (Å²) in [4.78, 5) is 8.42. The first-order chi connectivity index (χ1) is 9.50. The molecule has 0 radical (unpaired) electrons. The van der Waals surface area contributed by atoms with Gasteiger partial charge in [-0.1, -0.05) is 0 Å². The van der Waals surface area contributed by atoms with Gasteiger partial charge in [0.05, 0.1) is 18.0 Å². The first-order valence-electron chi connectivity index (χ1n) is 6.89. The van der Waals surface area contributed by atoms with Gasteiger partial charge in [-0.15, -0.1) is 0 Å². The maximum atomic E-state index is 11.6. The Hall–Kier alpha value is -1.05. The Bertz CT molecular complexity index is 520. The Morgan fingerprint density at radius 3 is 2.90 bits per heavy atom. The molecule has 112 valence electrons. The Balaban J connectivity index is 2.01. The molecule has 1 fully saturated rings. The monoisotopic (exact) mass is 298 g/mol. The molecule has 20 heavy (non-hydrogen) atoms. The molecule has 6 nitrogen and oxygen atoms in total. The highest BCUT2D eigenvalue weighted by Gasteiger charge is 2.28. The van der Waals surface area contributed by atoms with Crippen LogP contribution in [-0.2, 0) is 10.0 Å². The van der Waals surface area contributed by atoms with E-state index in [1.165, 1.54) is 6.26 Å². The van der Waals surface area contributed by atoms with Gasteiger partial charge in [0.25, 0.3) is 0 Å². The van der Waals surface area contributed by atoms with Crippen molar-refractivity contribution in [3.63, 3.8) is 0 Å². The van der Waals surface area contributed by atoms with Crippen molar-refractivity contribution < 1.29 is 8.42 Å². The van der Waals surface area contributed by atoms with E-state index >= 15 is 0 Å². The van der Waals surface area contributed by atoms with Crippen molar-refractivity contribution in [3.8, 4) is 0 Å². The molecule has 2 rings (SSSR count). The highest BCUT2D eigenvalue weighted by atomic mass is 32.2. The Morgan fingerprint density at radius 1 is 1.50 bits per heavy atom. The second-order valence-corrected chi connectivity index (χ2v) is 7.32. The van der Waals surface area contributed by atoms with E-state index < -0.39 is 10.0 Å². The van der Waals surface area contributed by atoms with Crippen LogP contribution in [0.3, 0.4) is 0 Å². The van der Waals surface area contributed by atoms with E-state index in [2.05, 4.69) is 15.3 Å². The van der Waals surface area contributed by atoms with Crippen molar-refractivity contribution in [1.82, 2.24) is 19.6 Å². The zero-order valence-electron chi connectivity index (χ0n) is 12.0. The Morgan fingerprint density at radius 2 is 2.30 bits per heavy atom. The predicted molar refractivity (Wildman–Crippen MR) is 77.6 cm³/mol. The summed E-state index contributed by atoms with van der Waals surface area (Å²) >= 11 is 0. The van der Waals surface area contributed by atoms with Gasteiger partial charge in [0.1, 0.15) is 0 Å². The van der Waals surface area contributed by atoms with Crippen LogP contribution in [0.1, 0.15) is 31.0 Å². The molecular formula is C13H22N4O2S. The third-order valence-electron chi connectivity index (χ3n) is 3.81. The fourth-order valence-corrected chi connectivity index (χ4v) is 3.67. The lowest BCUT2D eigenvalue weighted by molar-refractivity contribution is 0.239. The molecule has 1 aromatic rings. The van der Waals surface area contributed by atoms with Crippen LogP contribution in [0.4, 0.5) is 0 Å². The molecule has 1 aliphatic rings. The Labute approximate surface area is 120 Å². The summed E-state index contributed by atoms with van der Waals surface area (Å²) in [6, 6.07) is 0.119. The van der Waals surface area contributed by atoms with Gasteiger partial charge in [-0.05, 0) is 32.2 Å².